The number of esters is 1. The summed E-state index contributed by atoms with van der Waals surface area (Å²) >= 11 is 0. The maximum Gasteiger partial charge on any atom is 0.397 e. The smallest absolute Gasteiger partial charge is 0.397 e. The molecule has 20 heavy (non-hydrogen) atoms. The van der Waals surface area contributed by atoms with Crippen LogP contribution in [0.1, 0.15) is 26.3 Å². The van der Waals surface area contributed by atoms with Crippen LogP contribution in [0, 0.1) is 0 Å². The molecule has 0 heterocycles. The maximum atomic E-state index is 12.1. The fraction of sp³-hybridized carbons (Fsp3) is 0.375. The molecule has 0 aromatic heterocycles. The zero-order valence-electron chi connectivity index (χ0n) is 12.5. The molecular weight excluding hydrogens is 254 g/mol. The van der Waals surface area contributed by atoms with Gasteiger partial charge >= 0.3 is 11.9 Å². The Balaban J connectivity index is 3.33. The second-order valence-corrected chi connectivity index (χ2v) is 5.46. The van der Waals surface area contributed by atoms with Gasteiger partial charge in [0.05, 0.1) is 7.11 Å². The van der Waals surface area contributed by atoms with E-state index in [4.69, 9.17) is 0 Å². The fourth-order valence-corrected chi connectivity index (χ4v) is 1.96. The Hall–Kier alpha value is -2.10. The summed E-state index contributed by atoms with van der Waals surface area (Å²) < 4.78 is 4.52. The van der Waals surface area contributed by atoms with Crippen LogP contribution in [0.15, 0.2) is 36.9 Å². The Morgan fingerprint density at radius 3 is 2.40 bits per heavy atom. The minimum absolute atomic E-state index is 0.146. The molecule has 0 saturated heterocycles. The predicted octanol–water partition coefficient (Wildman–Crippen LogP) is 2.68. The second-order valence-electron chi connectivity index (χ2n) is 5.46. The van der Waals surface area contributed by atoms with E-state index in [1.54, 1.807) is 6.08 Å². The lowest BCUT2D eigenvalue weighted by atomic mass is 9.85. The van der Waals surface area contributed by atoms with Crippen molar-refractivity contribution >= 4 is 17.6 Å². The van der Waals surface area contributed by atoms with Gasteiger partial charge < -0.3 is 4.74 Å². The molecule has 0 radical (unpaired) electrons. The van der Waals surface area contributed by atoms with Crippen molar-refractivity contribution in [2.75, 3.05) is 18.6 Å². The fourth-order valence-electron chi connectivity index (χ4n) is 1.96. The minimum atomic E-state index is -0.879. The maximum absolute atomic E-state index is 12.1. The van der Waals surface area contributed by atoms with Crippen LogP contribution in [-0.4, -0.2) is 25.5 Å². The summed E-state index contributed by atoms with van der Waals surface area (Å²) in [6, 6.07) is 7.53. The topological polar surface area (TPSA) is 46.6 Å². The highest BCUT2D eigenvalue weighted by Gasteiger charge is 2.27. The highest BCUT2D eigenvalue weighted by Crippen LogP contribution is 2.32. The third-order valence-corrected chi connectivity index (χ3v) is 2.92. The zero-order chi connectivity index (χ0) is 15.3. The number of rotatable bonds is 3. The third kappa shape index (κ3) is 3.47. The average Bonchev–Trinajstić information content (AvgIpc) is 2.42. The number of ether oxygens (including phenoxy) is 1. The van der Waals surface area contributed by atoms with Crippen molar-refractivity contribution < 1.29 is 14.3 Å². The van der Waals surface area contributed by atoms with Gasteiger partial charge in [-0.1, -0.05) is 45.0 Å². The number of benzene rings is 1. The van der Waals surface area contributed by atoms with Crippen molar-refractivity contribution in [3.05, 3.63) is 42.5 Å². The summed E-state index contributed by atoms with van der Waals surface area (Å²) in [7, 11) is 1.20. The first-order valence-corrected chi connectivity index (χ1v) is 6.43. The van der Waals surface area contributed by atoms with Crippen molar-refractivity contribution in [2.24, 2.45) is 0 Å². The number of hydrogen-bond donors (Lipinski definition) is 0. The molecule has 0 saturated carbocycles. The summed E-state index contributed by atoms with van der Waals surface area (Å²) in [6.45, 7) is 10.1. The molecule has 0 aliphatic carbocycles. The van der Waals surface area contributed by atoms with Crippen LogP contribution in [0.5, 0.6) is 0 Å². The molecule has 1 rings (SSSR count). The van der Waals surface area contributed by atoms with E-state index in [0.29, 0.717) is 5.69 Å². The van der Waals surface area contributed by atoms with Crippen LogP contribution < -0.4 is 4.90 Å². The van der Waals surface area contributed by atoms with Gasteiger partial charge in [0, 0.05) is 12.2 Å². The second kappa shape index (κ2) is 6.37. The Bertz CT molecular complexity index is 515. The van der Waals surface area contributed by atoms with Crippen molar-refractivity contribution in [1.82, 2.24) is 0 Å². The van der Waals surface area contributed by atoms with E-state index < -0.39 is 11.9 Å². The van der Waals surface area contributed by atoms with Crippen molar-refractivity contribution in [2.45, 2.75) is 26.2 Å². The number of para-hydroxylation sites is 1. The molecule has 0 bridgehead atoms. The molecule has 0 atom stereocenters. The molecule has 1 amide bonds. The van der Waals surface area contributed by atoms with Gasteiger partial charge in [-0.2, -0.15) is 0 Å². The van der Waals surface area contributed by atoms with Gasteiger partial charge in [-0.05, 0) is 17.0 Å². The van der Waals surface area contributed by atoms with Crippen LogP contribution in [-0.2, 0) is 19.7 Å². The highest BCUT2D eigenvalue weighted by atomic mass is 16.5. The summed E-state index contributed by atoms with van der Waals surface area (Å²) in [5.74, 6) is -1.57. The molecule has 108 valence electrons. The summed E-state index contributed by atoms with van der Waals surface area (Å²) in [5, 5.41) is 0. The largest absolute Gasteiger partial charge is 0.462 e. The lowest BCUT2D eigenvalue weighted by molar-refractivity contribution is -0.151. The molecule has 0 spiro atoms. The van der Waals surface area contributed by atoms with E-state index in [0.717, 1.165) is 5.56 Å². The number of nitrogens with zero attached hydrogens (tertiary/aromatic N) is 1. The first-order valence-electron chi connectivity index (χ1n) is 6.43. The predicted molar refractivity (Wildman–Crippen MR) is 79.7 cm³/mol. The van der Waals surface area contributed by atoms with Crippen molar-refractivity contribution in [3.8, 4) is 0 Å². The summed E-state index contributed by atoms with van der Waals surface area (Å²) in [6.07, 6.45) is 1.58. The average molecular weight is 275 g/mol. The molecule has 1 aromatic carbocycles. The monoisotopic (exact) mass is 275 g/mol. The first kappa shape index (κ1) is 16.0. The van der Waals surface area contributed by atoms with Crippen molar-refractivity contribution in [3.63, 3.8) is 0 Å². The highest BCUT2D eigenvalue weighted by molar-refractivity contribution is 6.38. The minimum Gasteiger partial charge on any atom is -0.462 e. The molecule has 0 unspecified atom stereocenters. The summed E-state index contributed by atoms with van der Waals surface area (Å²) in [4.78, 5) is 25.1. The number of methoxy groups -OCH3 is 1. The van der Waals surface area contributed by atoms with E-state index >= 15 is 0 Å². The van der Waals surface area contributed by atoms with Gasteiger partial charge in [-0.25, -0.2) is 4.79 Å². The van der Waals surface area contributed by atoms with Gasteiger partial charge in [0.15, 0.2) is 0 Å². The lowest BCUT2D eigenvalue weighted by Crippen LogP contribution is -2.38. The van der Waals surface area contributed by atoms with E-state index in [9.17, 15) is 9.59 Å². The Morgan fingerprint density at radius 2 is 1.90 bits per heavy atom. The molecule has 1 aromatic rings. The van der Waals surface area contributed by atoms with Crippen LogP contribution in [0.25, 0.3) is 0 Å². The van der Waals surface area contributed by atoms with E-state index in [2.05, 4.69) is 32.1 Å². The molecule has 0 fully saturated rings. The number of hydrogen-bond acceptors (Lipinski definition) is 3. The molecule has 0 aliphatic heterocycles. The van der Waals surface area contributed by atoms with Crippen LogP contribution in [0.4, 0.5) is 5.69 Å². The number of carbonyl (C=O) groups excluding carboxylic acids is 2. The Labute approximate surface area is 120 Å². The zero-order valence-corrected chi connectivity index (χ0v) is 12.5. The van der Waals surface area contributed by atoms with Crippen molar-refractivity contribution in [1.29, 1.82) is 0 Å². The third-order valence-electron chi connectivity index (χ3n) is 2.92. The van der Waals surface area contributed by atoms with Gasteiger partial charge in [0.2, 0.25) is 0 Å². The molecule has 0 N–H and O–H groups in total. The van der Waals surface area contributed by atoms with E-state index in [-0.39, 0.29) is 12.0 Å². The lowest BCUT2D eigenvalue weighted by Gasteiger charge is -2.28. The normalized spacial score (nSPS) is 10.8. The number of amides is 1. The van der Waals surface area contributed by atoms with Gasteiger partial charge in [-0.3, -0.25) is 9.69 Å². The quantitative estimate of drug-likeness (QED) is 0.484. The molecular formula is C16H21NO3. The van der Waals surface area contributed by atoms with Crippen LogP contribution in [0.3, 0.4) is 0 Å². The Morgan fingerprint density at radius 1 is 1.30 bits per heavy atom. The van der Waals surface area contributed by atoms with E-state index in [1.165, 1.54) is 12.0 Å². The van der Waals surface area contributed by atoms with Gasteiger partial charge in [0.25, 0.3) is 0 Å². The molecule has 4 nitrogen and oxygen atoms in total. The van der Waals surface area contributed by atoms with Crippen LogP contribution >= 0.6 is 0 Å². The summed E-state index contributed by atoms with van der Waals surface area (Å²) in [5.41, 5.74) is 1.54. The SMILES string of the molecule is C=CCN(C(=O)C(=O)OC)c1ccccc1C(C)(C)C. The molecule has 4 heteroatoms. The number of anilines is 1. The number of carbonyl (C=O) groups is 2. The standard InChI is InChI=1S/C16H21NO3/c1-6-11-17(14(18)15(19)20-5)13-10-8-7-9-12(13)16(2,3)4/h6-10H,1,11H2,2-5H3. The first-order chi connectivity index (χ1) is 9.32. The van der Waals surface area contributed by atoms with E-state index in [1.807, 2.05) is 24.3 Å². The molecule has 0 aliphatic rings. The van der Waals surface area contributed by atoms with Gasteiger partial charge in [0.1, 0.15) is 0 Å². The van der Waals surface area contributed by atoms with Gasteiger partial charge in [-0.15, -0.1) is 6.58 Å². The Kier molecular flexibility index (Phi) is 5.08. The van der Waals surface area contributed by atoms with Crippen LogP contribution in [0.2, 0.25) is 0 Å².